The zero-order chi connectivity index (χ0) is 58.4. The first kappa shape index (κ1) is 85.8. The molecule has 472 valence electrons. The fraction of sp³-hybridized carbons (Fsp3) is 0.109. The number of benzene rings is 1. The minimum Gasteiger partial charge on any atom is -0.473 e. The van der Waals surface area contributed by atoms with Crippen LogP contribution in [0.3, 0.4) is 0 Å². The van der Waals surface area contributed by atoms with Gasteiger partial charge in [0.15, 0.2) is 12.8 Å². The maximum Gasteiger partial charge on any atom is 0.180 e. The van der Waals surface area contributed by atoms with Gasteiger partial charge in [0.05, 0.1) is 67.5 Å². The van der Waals surface area contributed by atoms with Crippen molar-refractivity contribution < 1.29 is 17.7 Å². The Labute approximate surface area is 527 Å². The van der Waals surface area contributed by atoms with Gasteiger partial charge in [0, 0.05) is 118 Å². The Morgan fingerprint density at radius 3 is 1.09 bits per heavy atom. The van der Waals surface area contributed by atoms with Crippen molar-refractivity contribution in [2.24, 2.45) is 4.99 Å². The summed E-state index contributed by atoms with van der Waals surface area (Å²) >= 11 is 1.71. The fourth-order valence-electron chi connectivity index (χ4n) is 4.16. The third kappa shape index (κ3) is 66.7. The SMILES string of the molecule is C.C.C.C.C.C.C1=CN=CC1.c1c[nH]cn1.c1c[nH]cn1.c1cc[nH]c1.c1ccc2[nH]cnc2c1.c1ccncc1.c1ccoc1.c1ccoc1.c1ccsc1.c1cn[nH]c1.c1cnccn1.c1cncnc1.c1cocn1.c1cocn1.c1ncncn1. The molecule has 14 aromatic heterocycles. The van der Waals surface area contributed by atoms with Crippen LogP contribution >= 0.6 is 11.3 Å². The van der Waals surface area contributed by atoms with Crippen molar-refractivity contribution in [2.45, 2.75) is 51.0 Å². The molecule has 0 amide bonds. The number of oxazole rings is 2. The number of thiophene rings is 1. The van der Waals surface area contributed by atoms with E-state index in [1.165, 1.54) is 50.6 Å². The molecule has 89 heavy (non-hydrogen) atoms. The molecule has 0 spiro atoms. The van der Waals surface area contributed by atoms with E-state index in [1.54, 1.807) is 167 Å². The Morgan fingerprint density at radius 1 is 0.360 bits per heavy atom. The maximum atomic E-state index is 4.58. The molecule has 0 saturated heterocycles. The van der Waals surface area contributed by atoms with E-state index >= 15 is 0 Å². The van der Waals surface area contributed by atoms with Gasteiger partial charge in [-0.05, 0) is 83.6 Å². The smallest absolute Gasteiger partial charge is 0.180 e. The molecule has 15 aromatic rings. The van der Waals surface area contributed by atoms with Gasteiger partial charge in [0.2, 0.25) is 0 Å². The fourth-order valence-corrected chi connectivity index (χ4v) is 4.62. The van der Waals surface area contributed by atoms with Gasteiger partial charge in [-0.1, -0.05) is 81.0 Å². The van der Waals surface area contributed by atoms with Crippen LogP contribution in [0.15, 0.2) is 355 Å². The number of pyridine rings is 1. The van der Waals surface area contributed by atoms with E-state index in [9.17, 15) is 0 Å². The van der Waals surface area contributed by atoms with Crippen LogP contribution in [0.1, 0.15) is 51.0 Å². The van der Waals surface area contributed by atoms with Gasteiger partial charge in [0.25, 0.3) is 0 Å². The number of aliphatic imine (C=N–C) groups is 1. The van der Waals surface area contributed by atoms with Crippen LogP contribution in [-0.2, 0) is 0 Å². The molecule has 1 aromatic carbocycles. The van der Waals surface area contributed by atoms with Gasteiger partial charge in [-0.3, -0.25) is 25.0 Å². The van der Waals surface area contributed by atoms with Gasteiger partial charge >= 0.3 is 0 Å². The van der Waals surface area contributed by atoms with Gasteiger partial charge in [-0.15, -0.1) is 0 Å². The highest BCUT2D eigenvalue weighted by atomic mass is 32.1. The van der Waals surface area contributed by atoms with Crippen molar-refractivity contribution in [3.8, 4) is 0 Å². The number of hydrogen-bond donors (Lipinski definition) is 5. The molecule has 0 saturated carbocycles. The molecule has 1 aliphatic rings. The zero-order valence-electron chi connectivity index (χ0n) is 44.7. The summed E-state index contributed by atoms with van der Waals surface area (Å²) in [5, 5.41) is 10.3. The van der Waals surface area contributed by atoms with Crippen molar-refractivity contribution in [3.63, 3.8) is 0 Å². The first-order chi connectivity index (χ1) is 41.5. The summed E-state index contributed by atoms with van der Waals surface area (Å²) in [6, 6.07) is 32.5. The molecule has 0 bridgehead atoms. The Morgan fingerprint density at radius 2 is 0.876 bits per heavy atom. The highest BCUT2D eigenvalue weighted by molar-refractivity contribution is 7.07. The van der Waals surface area contributed by atoms with Crippen LogP contribution in [0.2, 0.25) is 0 Å². The molecule has 15 heterocycles. The second kappa shape index (κ2) is 76.0. The van der Waals surface area contributed by atoms with E-state index in [1.807, 2.05) is 133 Å². The Bertz CT molecular complexity index is 2460. The summed E-state index contributed by atoms with van der Waals surface area (Å²) in [7, 11) is 0. The van der Waals surface area contributed by atoms with E-state index in [4.69, 9.17) is 0 Å². The van der Waals surface area contributed by atoms with E-state index in [0.29, 0.717) is 0 Å². The minimum absolute atomic E-state index is 0. The number of rotatable bonds is 0. The lowest BCUT2D eigenvalue weighted by Gasteiger charge is -1.81. The first-order valence-corrected chi connectivity index (χ1v) is 25.2. The number of fused-ring (bicyclic) bond motifs is 1. The predicted octanol–water partition coefficient (Wildman–Crippen LogP) is 16.2. The summed E-state index contributed by atoms with van der Waals surface area (Å²) in [6.45, 7) is 0. The van der Waals surface area contributed by atoms with Crippen LogP contribution in [0.4, 0.5) is 0 Å². The summed E-state index contributed by atoms with van der Waals surface area (Å²) in [6.07, 6.45) is 60.5. The molecule has 1 aliphatic heterocycles. The number of aromatic amines is 5. The van der Waals surface area contributed by atoms with Crippen LogP contribution < -0.4 is 0 Å². The number of furan rings is 2. The molecular formula is C64H86N20O4S. The number of aromatic nitrogens is 19. The Kier molecular flexibility index (Phi) is 73.3. The molecule has 0 radical (unpaired) electrons. The van der Waals surface area contributed by atoms with Crippen molar-refractivity contribution in [3.05, 3.63) is 332 Å². The molecule has 0 fully saturated rings. The number of allylic oxidation sites excluding steroid dienone is 1. The van der Waals surface area contributed by atoms with Gasteiger partial charge in [0.1, 0.15) is 37.8 Å². The number of H-pyrrole nitrogens is 5. The summed E-state index contributed by atoms with van der Waals surface area (Å²) < 4.78 is 18.1. The molecule has 25 heteroatoms. The quantitative estimate of drug-likeness (QED) is 0.0942. The maximum absolute atomic E-state index is 4.58. The molecule has 24 nitrogen and oxygen atoms in total. The van der Waals surface area contributed by atoms with Gasteiger partial charge in [-0.2, -0.15) is 16.4 Å². The van der Waals surface area contributed by atoms with Crippen molar-refractivity contribution in [1.29, 1.82) is 0 Å². The van der Waals surface area contributed by atoms with Crippen LogP contribution in [0, 0.1) is 0 Å². The van der Waals surface area contributed by atoms with Crippen molar-refractivity contribution in [1.82, 2.24) is 94.9 Å². The van der Waals surface area contributed by atoms with Crippen LogP contribution in [0.25, 0.3) is 11.0 Å². The average molecular weight is 1230 g/mol. The standard InChI is InChI=1S/C7H6N2.C5H5N.2C4H4N2.2C4H5N.2C4H4O.C4H4S.C3H3N3.3C3H4N2.2C3H3NO.6CH4/c1-2-4-7-6(3-1)8-5-9-7;1-2-4-6-5-3-1;1-2-6-4-3-5-1;1-2-5-4-6-3-1;5*1-2-4-5-3-1;1-4-2-6-3-5-1;2*1-2-5-3-4-1;1-2-4-5-3-1;2*1-2-5-3-4-1;;;;;;/h1-5H,(H,8,9);1-5H;2*1-4H;1,3-4H,2H2;1-5H;3*1-4H;1-3H;3*1-3H,(H,4,5);2*1-3H;6*1H4. The molecule has 5 N–H and O–H groups in total. The highest BCUT2D eigenvalue weighted by Gasteiger charge is 1.88. The van der Waals surface area contributed by atoms with E-state index in [0.717, 1.165) is 17.5 Å². The molecule has 0 unspecified atom stereocenters. The molecular weight excluding hydrogens is 1140 g/mol. The zero-order valence-corrected chi connectivity index (χ0v) is 45.5. The van der Waals surface area contributed by atoms with Crippen LogP contribution in [0.5, 0.6) is 0 Å². The summed E-state index contributed by atoms with van der Waals surface area (Å²) in [5.41, 5.74) is 2.12. The minimum atomic E-state index is 0. The lowest BCUT2D eigenvalue weighted by Crippen LogP contribution is -1.73. The largest absolute Gasteiger partial charge is 0.473 e. The summed E-state index contributed by atoms with van der Waals surface area (Å²) in [5.74, 6) is 0. The highest BCUT2D eigenvalue weighted by Crippen LogP contribution is 2.05. The van der Waals surface area contributed by atoms with E-state index < -0.39 is 0 Å². The van der Waals surface area contributed by atoms with E-state index in [-0.39, 0.29) is 44.6 Å². The number of hydrogen-bond acceptors (Lipinski definition) is 20. The van der Waals surface area contributed by atoms with E-state index in [2.05, 4.69) is 118 Å². The number of nitrogens with one attached hydrogen (secondary N) is 5. The number of imidazole rings is 3. The topological polar surface area (TPSA) is 324 Å². The second-order valence-corrected chi connectivity index (χ2v) is 14.2. The first-order valence-electron chi connectivity index (χ1n) is 24.2. The Hall–Kier alpha value is -12.0. The third-order valence-electron chi connectivity index (χ3n) is 7.47. The van der Waals surface area contributed by atoms with Crippen molar-refractivity contribution in [2.75, 3.05) is 0 Å². The molecule has 0 aliphatic carbocycles. The lowest BCUT2D eigenvalue weighted by atomic mass is 10.3. The number of para-hydroxylation sites is 2. The molecule has 0 atom stereocenters. The third-order valence-corrected chi connectivity index (χ3v) is 8.10. The van der Waals surface area contributed by atoms with Gasteiger partial charge in [-0.25, -0.2) is 49.8 Å². The number of nitrogens with zero attached hydrogens (tertiary/aromatic N) is 15. The predicted molar refractivity (Wildman–Crippen MR) is 358 cm³/mol. The van der Waals surface area contributed by atoms with Gasteiger partial charge < -0.3 is 37.6 Å². The molecule has 16 rings (SSSR count). The second-order valence-electron chi connectivity index (χ2n) is 13.4. The monoisotopic (exact) mass is 1230 g/mol. The van der Waals surface area contributed by atoms with Crippen molar-refractivity contribution >= 4 is 28.6 Å². The lowest BCUT2D eigenvalue weighted by molar-refractivity contribution is 0.557. The normalized spacial score (nSPS) is 8.22. The Balaban J connectivity index is -0.000000283. The average Bonchev–Trinajstić information content (AvgIpc) is 3.71. The summed E-state index contributed by atoms with van der Waals surface area (Å²) in [4.78, 5) is 62.9. The van der Waals surface area contributed by atoms with Crippen LogP contribution in [-0.4, -0.2) is 101 Å².